The Labute approximate surface area is 128 Å². The van der Waals surface area contributed by atoms with Gasteiger partial charge in [0.2, 0.25) is 5.91 Å². The number of thioether (sulfide) groups is 1. The molecule has 0 heterocycles. The summed E-state index contributed by atoms with van der Waals surface area (Å²) in [5.41, 5.74) is 3.33. The first-order valence-electron chi connectivity index (χ1n) is 6.78. The fourth-order valence-electron chi connectivity index (χ4n) is 1.90. The van der Waals surface area contributed by atoms with Crippen molar-refractivity contribution in [3.63, 3.8) is 0 Å². The molecule has 0 fully saturated rings. The van der Waals surface area contributed by atoms with E-state index in [4.69, 9.17) is 0 Å². The molecule has 0 radical (unpaired) electrons. The Balaban J connectivity index is 1.70. The first-order chi connectivity index (χ1) is 10.1. The molecular weight excluding hydrogens is 285 g/mol. The van der Waals surface area contributed by atoms with Crippen molar-refractivity contribution >= 4 is 17.7 Å². The van der Waals surface area contributed by atoms with E-state index in [1.165, 1.54) is 29.5 Å². The maximum Gasteiger partial charge on any atom is 0.230 e. The summed E-state index contributed by atoms with van der Waals surface area (Å²) >= 11 is 1.53. The number of benzene rings is 2. The molecule has 0 saturated carbocycles. The van der Waals surface area contributed by atoms with Gasteiger partial charge in [0, 0.05) is 12.3 Å². The molecule has 0 saturated heterocycles. The summed E-state index contributed by atoms with van der Waals surface area (Å²) in [5, 5.41) is 2.92. The maximum atomic E-state index is 12.8. The number of carbonyl (C=O) groups is 1. The van der Waals surface area contributed by atoms with Gasteiger partial charge in [-0.05, 0) is 35.7 Å². The van der Waals surface area contributed by atoms with Gasteiger partial charge >= 0.3 is 0 Å². The number of aryl methyl sites for hydroxylation is 1. The highest BCUT2D eigenvalue weighted by atomic mass is 32.2. The van der Waals surface area contributed by atoms with E-state index < -0.39 is 0 Å². The normalized spacial score (nSPS) is 10.4. The van der Waals surface area contributed by atoms with Gasteiger partial charge in [-0.3, -0.25) is 4.79 Å². The van der Waals surface area contributed by atoms with Crippen LogP contribution in [0, 0.1) is 12.7 Å². The topological polar surface area (TPSA) is 29.1 Å². The average molecular weight is 303 g/mol. The molecule has 2 nitrogen and oxygen atoms in total. The Morgan fingerprint density at radius 1 is 1.14 bits per heavy atom. The van der Waals surface area contributed by atoms with Crippen molar-refractivity contribution in [2.75, 3.05) is 5.75 Å². The molecule has 1 amide bonds. The molecular formula is C17H18FNOS. The third kappa shape index (κ3) is 5.23. The lowest BCUT2D eigenvalue weighted by Crippen LogP contribution is -2.24. The molecule has 0 bridgehead atoms. The lowest BCUT2D eigenvalue weighted by molar-refractivity contribution is -0.118. The van der Waals surface area contributed by atoms with E-state index in [0.717, 1.165) is 11.1 Å². The molecule has 2 aromatic rings. The zero-order valence-corrected chi connectivity index (χ0v) is 12.8. The maximum absolute atomic E-state index is 12.8. The second-order valence-corrected chi connectivity index (χ2v) is 5.81. The van der Waals surface area contributed by atoms with Gasteiger partial charge in [0.15, 0.2) is 0 Å². The summed E-state index contributed by atoms with van der Waals surface area (Å²) < 4.78 is 12.8. The molecule has 0 atom stereocenters. The minimum atomic E-state index is -0.236. The van der Waals surface area contributed by atoms with Crippen molar-refractivity contribution in [3.05, 3.63) is 71.0 Å². The smallest absolute Gasteiger partial charge is 0.230 e. The largest absolute Gasteiger partial charge is 0.351 e. The summed E-state index contributed by atoms with van der Waals surface area (Å²) in [6, 6.07) is 14.4. The van der Waals surface area contributed by atoms with Crippen LogP contribution in [0.3, 0.4) is 0 Å². The zero-order chi connectivity index (χ0) is 15.1. The van der Waals surface area contributed by atoms with Gasteiger partial charge in [-0.1, -0.05) is 36.4 Å². The first kappa shape index (κ1) is 15.6. The number of rotatable bonds is 6. The fourth-order valence-corrected chi connectivity index (χ4v) is 2.71. The Morgan fingerprint density at radius 2 is 1.86 bits per heavy atom. The standard InChI is InChI=1S/C17H18FNOS/c1-13-4-2-3-5-15(13)10-19-17(20)12-21-11-14-6-8-16(18)9-7-14/h2-9H,10-12H2,1H3,(H,19,20). The molecule has 21 heavy (non-hydrogen) atoms. The second-order valence-electron chi connectivity index (χ2n) is 4.82. The van der Waals surface area contributed by atoms with Gasteiger partial charge in [-0.15, -0.1) is 11.8 Å². The van der Waals surface area contributed by atoms with Crippen molar-refractivity contribution in [1.29, 1.82) is 0 Å². The molecule has 2 aromatic carbocycles. The van der Waals surface area contributed by atoms with Gasteiger partial charge in [-0.25, -0.2) is 4.39 Å². The van der Waals surface area contributed by atoms with Gasteiger partial charge < -0.3 is 5.32 Å². The molecule has 0 aliphatic heterocycles. The van der Waals surface area contributed by atoms with Crippen LogP contribution >= 0.6 is 11.8 Å². The van der Waals surface area contributed by atoms with Crippen molar-refractivity contribution in [2.45, 2.75) is 19.2 Å². The average Bonchev–Trinajstić information content (AvgIpc) is 2.48. The Morgan fingerprint density at radius 3 is 2.57 bits per heavy atom. The Bertz CT molecular complexity index is 598. The highest BCUT2D eigenvalue weighted by Crippen LogP contribution is 2.12. The van der Waals surface area contributed by atoms with Crippen LogP contribution in [-0.2, 0) is 17.1 Å². The molecule has 0 aliphatic carbocycles. The predicted molar refractivity (Wildman–Crippen MR) is 85.6 cm³/mol. The summed E-state index contributed by atoms with van der Waals surface area (Å²) in [6.07, 6.45) is 0. The molecule has 1 N–H and O–H groups in total. The number of hydrogen-bond acceptors (Lipinski definition) is 2. The predicted octanol–water partition coefficient (Wildman–Crippen LogP) is 3.68. The summed E-state index contributed by atoms with van der Waals surface area (Å²) in [7, 11) is 0. The van der Waals surface area contributed by atoms with E-state index in [1.54, 1.807) is 12.1 Å². The molecule has 4 heteroatoms. The van der Waals surface area contributed by atoms with E-state index in [-0.39, 0.29) is 11.7 Å². The van der Waals surface area contributed by atoms with E-state index in [0.29, 0.717) is 18.1 Å². The van der Waals surface area contributed by atoms with Crippen molar-refractivity contribution in [2.24, 2.45) is 0 Å². The first-order valence-corrected chi connectivity index (χ1v) is 7.94. The lowest BCUT2D eigenvalue weighted by Gasteiger charge is -2.07. The number of nitrogens with one attached hydrogen (secondary N) is 1. The molecule has 0 unspecified atom stereocenters. The van der Waals surface area contributed by atoms with Crippen molar-refractivity contribution in [1.82, 2.24) is 5.32 Å². The summed E-state index contributed by atoms with van der Waals surface area (Å²) in [5.74, 6) is 0.895. The van der Waals surface area contributed by atoms with Gasteiger partial charge in [0.05, 0.1) is 5.75 Å². The minimum Gasteiger partial charge on any atom is -0.351 e. The monoisotopic (exact) mass is 303 g/mol. The van der Waals surface area contributed by atoms with Gasteiger partial charge in [0.25, 0.3) is 0 Å². The SMILES string of the molecule is Cc1ccccc1CNC(=O)CSCc1ccc(F)cc1. The lowest BCUT2D eigenvalue weighted by atomic mass is 10.1. The number of amides is 1. The van der Waals surface area contributed by atoms with Gasteiger partial charge in [0.1, 0.15) is 5.82 Å². The number of carbonyl (C=O) groups excluding carboxylic acids is 1. The van der Waals surface area contributed by atoms with E-state index in [2.05, 4.69) is 5.32 Å². The van der Waals surface area contributed by atoms with Crippen LogP contribution in [0.2, 0.25) is 0 Å². The van der Waals surface area contributed by atoms with Crippen LogP contribution in [-0.4, -0.2) is 11.7 Å². The van der Waals surface area contributed by atoms with Crippen LogP contribution in [0.1, 0.15) is 16.7 Å². The quantitative estimate of drug-likeness (QED) is 0.882. The number of halogens is 1. The summed E-state index contributed by atoms with van der Waals surface area (Å²) in [6.45, 7) is 2.59. The van der Waals surface area contributed by atoms with Crippen LogP contribution in [0.25, 0.3) is 0 Å². The highest BCUT2D eigenvalue weighted by Gasteiger charge is 2.03. The highest BCUT2D eigenvalue weighted by molar-refractivity contribution is 7.99. The van der Waals surface area contributed by atoms with Crippen LogP contribution in [0.15, 0.2) is 48.5 Å². The number of hydrogen-bond donors (Lipinski definition) is 1. The third-order valence-corrected chi connectivity index (χ3v) is 4.16. The third-order valence-electron chi connectivity index (χ3n) is 3.15. The van der Waals surface area contributed by atoms with Crippen LogP contribution in [0.5, 0.6) is 0 Å². The molecule has 0 aliphatic rings. The van der Waals surface area contributed by atoms with E-state index in [1.807, 2.05) is 31.2 Å². The second kappa shape index (κ2) is 7.84. The van der Waals surface area contributed by atoms with Crippen molar-refractivity contribution in [3.8, 4) is 0 Å². The zero-order valence-electron chi connectivity index (χ0n) is 11.9. The molecule has 2 rings (SSSR count). The Kier molecular flexibility index (Phi) is 5.81. The minimum absolute atomic E-state index is 0.0189. The summed E-state index contributed by atoms with van der Waals surface area (Å²) in [4.78, 5) is 11.8. The van der Waals surface area contributed by atoms with E-state index >= 15 is 0 Å². The molecule has 0 aromatic heterocycles. The van der Waals surface area contributed by atoms with Crippen LogP contribution < -0.4 is 5.32 Å². The van der Waals surface area contributed by atoms with Crippen molar-refractivity contribution < 1.29 is 9.18 Å². The Hall–Kier alpha value is -1.81. The van der Waals surface area contributed by atoms with E-state index in [9.17, 15) is 9.18 Å². The molecule has 0 spiro atoms. The fraction of sp³-hybridized carbons (Fsp3) is 0.235. The molecule has 110 valence electrons. The van der Waals surface area contributed by atoms with Crippen LogP contribution in [0.4, 0.5) is 4.39 Å². The van der Waals surface area contributed by atoms with Gasteiger partial charge in [-0.2, -0.15) is 0 Å².